The van der Waals surface area contributed by atoms with Crippen molar-refractivity contribution in [2.75, 3.05) is 7.05 Å². The normalized spacial score (nSPS) is 14.8. The van der Waals surface area contributed by atoms with Gasteiger partial charge in [-0.15, -0.1) is 0 Å². The van der Waals surface area contributed by atoms with Gasteiger partial charge in [0.15, 0.2) is 0 Å². The molecule has 2 nitrogen and oxygen atoms in total. The summed E-state index contributed by atoms with van der Waals surface area (Å²) in [7, 11) is 2.04. The van der Waals surface area contributed by atoms with Crippen molar-refractivity contribution in [2.24, 2.45) is 0 Å². The van der Waals surface area contributed by atoms with Crippen LogP contribution < -0.4 is 5.32 Å². The molecule has 2 heteroatoms. The van der Waals surface area contributed by atoms with Crippen LogP contribution in [0.15, 0.2) is 34.9 Å². The van der Waals surface area contributed by atoms with E-state index in [1.54, 1.807) is 6.26 Å². The average Bonchev–Trinajstić information content (AvgIpc) is 2.86. The Morgan fingerprint density at radius 3 is 2.83 bits per heavy atom. The summed E-state index contributed by atoms with van der Waals surface area (Å²) in [6.07, 6.45) is 5.53. The molecule has 2 aromatic rings. The lowest BCUT2D eigenvalue weighted by Crippen LogP contribution is -2.28. The second-order valence-corrected chi connectivity index (χ2v) is 5.04. The molecule has 98 valence electrons. The van der Waals surface area contributed by atoms with Crippen molar-refractivity contribution in [2.45, 2.75) is 45.1 Å². The molecule has 18 heavy (non-hydrogen) atoms. The Morgan fingerprint density at radius 1 is 1.28 bits per heavy atom. The predicted octanol–water partition coefficient (Wildman–Crippen LogP) is 4.31. The SMILES string of the molecule is CCCCC(c1ccc2occc2c1)C(C)NC. The summed E-state index contributed by atoms with van der Waals surface area (Å²) in [5, 5.41) is 4.60. The fraction of sp³-hybridized carbons (Fsp3) is 0.500. The molecule has 0 aliphatic heterocycles. The molecular formula is C16H23NO. The molecule has 1 heterocycles. The van der Waals surface area contributed by atoms with Gasteiger partial charge in [-0.1, -0.05) is 25.8 Å². The summed E-state index contributed by atoms with van der Waals surface area (Å²) in [5.41, 5.74) is 2.39. The lowest BCUT2D eigenvalue weighted by Gasteiger charge is -2.24. The number of fused-ring (bicyclic) bond motifs is 1. The monoisotopic (exact) mass is 245 g/mol. The van der Waals surface area contributed by atoms with Crippen LogP contribution in [-0.2, 0) is 0 Å². The van der Waals surface area contributed by atoms with E-state index in [9.17, 15) is 0 Å². The van der Waals surface area contributed by atoms with Crippen LogP contribution in [0.3, 0.4) is 0 Å². The van der Waals surface area contributed by atoms with Gasteiger partial charge in [0, 0.05) is 11.4 Å². The first kappa shape index (κ1) is 13.2. The smallest absolute Gasteiger partial charge is 0.133 e. The van der Waals surface area contributed by atoms with Crippen molar-refractivity contribution < 1.29 is 4.42 Å². The topological polar surface area (TPSA) is 25.2 Å². The third-order valence-corrected chi connectivity index (χ3v) is 3.83. The molecule has 1 aromatic carbocycles. The molecular weight excluding hydrogens is 222 g/mol. The lowest BCUT2D eigenvalue weighted by molar-refractivity contribution is 0.455. The van der Waals surface area contributed by atoms with Gasteiger partial charge in [0.25, 0.3) is 0 Å². The largest absolute Gasteiger partial charge is 0.464 e. The number of benzene rings is 1. The summed E-state index contributed by atoms with van der Waals surface area (Å²) in [6.45, 7) is 4.51. The highest BCUT2D eigenvalue weighted by Crippen LogP contribution is 2.28. The molecule has 0 aliphatic rings. The molecule has 0 radical (unpaired) electrons. The zero-order valence-corrected chi connectivity index (χ0v) is 11.6. The highest BCUT2D eigenvalue weighted by Gasteiger charge is 2.18. The number of likely N-dealkylation sites (N-methyl/N-ethyl adjacent to an activating group) is 1. The van der Waals surface area contributed by atoms with Crippen LogP contribution >= 0.6 is 0 Å². The second-order valence-electron chi connectivity index (χ2n) is 5.04. The molecule has 0 bridgehead atoms. The van der Waals surface area contributed by atoms with E-state index in [0.29, 0.717) is 12.0 Å². The first-order valence-corrected chi connectivity index (χ1v) is 6.90. The van der Waals surface area contributed by atoms with Gasteiger partial charge in [0.2, 0.25) is 0 Å². The van der Waals surface area contributed by atoms with Gasteiger partial charge >= 0.3 is 0 Å². The quantitative estimate of drug-likeness (QED) is 0.820. The van der Waals surface area contributed by atoms with Crippen LogP contribution in [0.1, 0.15) is 44.6 Å². The van der Waals surface area contributed by atoms with Crippen molar-refractivity contribution in [3.8, 4) is 0 Å². The van der Waals surface area contributed by atoms with E-state index in [-0.39, 0.29) is 0 Å². The van der Waals surface area contributed by atoms with Gasteiger partial charge in [0.1, 0.15) is 5.58 Å². The van der Waals surface area contributed by atoms with E-state index in [4.69, 9.17) is 4.42 Å². The van der Waals surface area contributed by atoms with Gasteiger partial charge < -0.3 is 9.73 Å². The average molecular weight is 245 g/mol. The summed E-state index contributed by atoms with van der Waals surface area (Å²) in [5.74, 6) is 0.578. The molecule has 2 rings (SSSR count). The molecule has 1 aromatic heterocycles. The molecule has 0 saturated carbocycles. The van der Waals surface area contributed by atoms with Crippen LogP contribution in [-0.4, -0.2) is 13.1 Å². The van der Waals surface area contributed by atoms with Crippen LogP contribution in [0.25, 0.3) is 11.0 Å². The maximum atomic E-state index is 5.40. The number of nitrogens with one attached hydrogen (secondary N) is 1. The molecule has 0 spiro atoms. The predicted molar refractivity (Wildman–Crippen MR) is 77.0 cm³/mol. The van der Waals surface area contributed by atoms with Crippen molar-refractivity contribution in [3.05, 3.63) is 36.1 Å². The first-order chi connectivity index (χ1) is 8.76. The van der Waals surface area contributed by atoms with E-state index < -0.39 is 0 Å². The van der Waals surface area contributed by atoms with Gasteiger partial charge in [-0.25, -0.2) is 0 Å². The van der Waals surface area contributed by atoms with Crippen molar-refractivity contribution in [1.82, 2.24) is 5.32 Å². The number of furan rings is 1. The van der Waals surface area contributed by atoms with Crippen molar-refractivity contribution in [1.29, 1.82) is 0 Å². The highest BCUT2D eigenvalue weighted by atomic mass is 16.3. The minimum Gasteiger partial charge on any atom is -0.464 e. The molecule has 0 aliphatic carbocycles. The Kier molecular flexibility index (Phi) is 4.43. The lowest BCUT2D eigenvalue weighted by atomic mass is 9.87. The number of hydrogen-bond donors (Lipinski definition) is 1. The Balaban J connectivity index is 2.27. The molecule has 0 fully saturated rings. The molecule has 0 amide bonds. The third kappa shape index (κ3) is 2.75. The van der Waals surface area contributed by atoms with E-state index in [1.807, 2.05) is 13.1 Å². The summed E-state index contributed by atoms with van der Waals surface area (Å²) in [6, 6.07) is 9.11. The van der Waals surface area contributed by atoms with Crippen molar-refractivity contribution >= 4 is 11.0 Å². The van der Waals surface area contributed by atoms with Gasteiger partial charge in [-0.3, -0.25) is 0 Å². The third-order valence-electron chi connectivity index (χ3n) is 3.83. The molecule has 2 atom stereocenters. The maximum Gasteiger partial charge on any atom is 0.133 e. The van der Waals surface area contributed by atoms with E-state index in [0.717, 1.165) is 5.58 Å². The van der Waals surface area contributed by atoms with Gasteiger partial charge in [-0.05, 0) is 50.1 Å². The Morgan fingerprint density at radius 2 is 2.11 bits per heavy atom. The number of rotatable bonds is 6. The highest BCUT2D eigenvalue weighted by molar-refractivity contribution is 5.77. The van der Waals surface area contributed by atoms with Crippen molar-refractivity contribution in [3.63, 3.8) is 0 Å². The number of hydrogen-bond acceptors (Lipinski definition) is 2. The summed E-state index contributed by atoms with van der Waals surface area (Å²) in [4.78, 5) is 0. The fourth-order valence-electron chi connectivity index (χ4n) is 2.55. The van der Waals surface area contributed by atoms with Gasteiger partial charge in [0.05, 0.1) is 6.26 Å². The fourth-order valence-corrected chi connectivity index (χ4v) is 2.55. The standard InChI is InChI=1S/C16H23NO/c1-4-5-6-15(12(2)17-3)13-7-8-16-14(11-13)9-10-18-16/h7-12,15,17H,4-6H2,1-3H3. The van der Waals surface area contributed by atoms with E-state index >= 15 is 0 Å². The zero-order valence-electron chi connectivity index (χ0n) is 11.6. The van der Waals surface area contributed by atoms with Crippen LogP contribution in [0, 0.1) is 0 Å². The Labute approximate surface area is 109 Å². The minimum absolute atomic E-state index is 0.501. The van der Waals surface area contributed by atoms with Crippen LogP contribution in [0.4, 0.5) is 0 Å². The summed E-state index contributed by atoms with van der Waals surface area (Å²) >= 11 is 0. The van der Waals surface area contributed by atoms with Crippen LogP contribution in [0.2, 0.25) is 0 Å². The molecule has 1 N–H and O–H groups in total. The van der Waals surface area contributed by atoms with Crippen LogP contribution in [0.5, 0.6) is 0 Å². The Hall–Kier alpha value is -1.28. The molecule has 2 unspecified atom stereocenters. The van der Waals surface area contributed by atoms with E-state index in [2.05, 4.69) is 37.4 Å². The summed E-state index contributed by atoms with van der Waals surface area (Å²) < 4.78 is 5.40. The van der Waals surface area contributed by atoms with Gasteiger partial charge in [-0.2, -0.15) is 0 Å². The number of unbranched alkanes of at least 4 members (excludes halogenated alkanes) is 1. The second kappa shape index (κ2) is 6.05. The Bertz CT molecular complexity index is 489. The first-order valence-electron chi connectivity index (χ1n) is 6.90. The maximum absolute atomic E-state index is 5.40. The van der Waals surface area contributed by atoms with E-state index in [1.165, 1.54) is 30.2 Å². The molecule has 0 saturated heterocycles. The zero-order chi connectivity index (χ0) is 13.0. The minimum atomic E-state index is 0.501.